The number of nitrogens with one attached hydrogen (secondary N) is 1. The van der Waals surface area contributed by atoms with Crippen molar-refractivity contribution in [1.82, 2.24) is 0 Å². The van der Waals surface area contributed by atoms with Crippen LogP contribution in [-0.2, 0) is 0 Å². The summed E-state index contributed by atoms with van der Waals surface area (Å²) in [6, 6.07) is 10.1. The fraction of sp³-hybridized carbons (Fsp3) is 0. The van der Waals surface area contributed by atoms with Gasteiger partial charge in [-0.15, -0.1) is 0 Å². The molecule has 0 heterocycles. The van der Waals surface area contributed by atoms with Crippen molar-refractivity contribution in [2.24, 2.45) is 0 Å². The normalized spacial score (nSPS) is 10.1. The van der Waals surface area contributed by atoms with Crippen molar-refractivity contribution in [3.05, 3.63) is 58.9 Å². The van der Waals surface area contributed by atoms with E-state index in [1.807, 2.05) is 0 Å². The molecule has 2 rings (SSSR count). The minimum atomic E-state index is -0.754. The van der Waals surface area contributed by atoms with E-state index >= 15 is 0 Å². The van der Waals surface area contributed by atoms with Gasteiger partial charge in [0, 0.05) is 5.69 Å². The number of rotatable bonds is 2. The molecule has 2 aromatic rings. The Labute approximate surface area is 108 Å². The standard InChI is InChI=1S/C13H9ClFNO2/c14-11-3-1-2-10(12(11)15)13(18)16-8-4-6-9(17)7-5-8/h1-7,17H,(H,16,18). The smallest absolute Gasteiger partial charge is 0.258 e. The quantitative estimate of drug-likeness (QED) is 0.817. The Balaban J connectivity index is 2.22. The summed E-state index contributed by atoms with van der Waals surface area (Å²) in [5.41, 5.74) is 0.327. The summed E-state index contributed by atoms with van der Waals surface area (Å²) in [6.45, 7) is 0. The van der Waals surface area contributed by atoms with Crippen LogP contribution in [0.25, 0.3) is 0 Å². The average Bonchev–Trinajstić information content (AvgIpc) is 2.35. The van der Waals surface area contributed by atoms with Crippen molar-refractivity contribution in [3.63, 3.8) is 0 Å². The van der Waals surface area contributed by atoms with Gasteiger partial charge < -0.3 is 10.4 Å². The lowest BCUT2D eigenvalue weighted by Gasteiger charge is -2.06. The summed E-state index contributed by atoms with van der Waals surface area (Å²) >= 11 is 5.59. The van der Waals surface area contributed by atoms with Gasteiger partial charge in [0.15, 0.2) is 5.82 Å². The lowest BCUT2D eigenvalue weighted by molar-refractivity contribution is 0.102. The van der Waals surface area contributed by atoms with Gasteiger partial charge in [0.25, 0.3) is 5.91 Å². The van der Waals surface area contributed by atoms with Crippen molar-refractivity contribution in [2.75, 3.05) is 5.32 Å². The molecule has 2 aromatic carbocycles. The Kier molecular flexibility index (Phi) is 3.48. The molecule has 0 fully saturated rings. The summed E-state index contributed by atoms with van der Waals surface area (Å²) in [7, 11) is 0. The van der Waals surface area contributed by atoms with Crippen LogP contribution in [-0.4, -0.2) is 11.0 Å². The second-order valence-corrected chi connectivity index (χ2v) is 4.01. The zero-order chi connectivity index (χ0) is 13.1. The van der Waals surface area contributed by atoms with Gasteiger partial charge in [-0.2, -0.15) is 0 Å². The van der Waals surface area contributed by atoms with Crippen molar-refractivity contribution in [1.29, 1.82) is 0 Å². The number of hydrogen-bond acceptors (Lipinski definition) is 2. The Morgan fingerprint density at radius 1 is 1.17 bits per heavy atom. The highest BCUT2D eigenvalue weighted by atomic mass is 35.5. The van der Waals surface area contributed by atoms with E-state index in [2.05, 4.69) is 5.32 Å². The van der Waals surface area contributed by atoms with Crippen molar-refractivity contribution in [2.45, 2.75) is 0 Å². The maximum absolute atomic E-state index is 13.6. The van der Waals surface area contributed by atoms with Crippen molar-refractivity contribution >= 4 is 23.2 Å². The predicted molar refractivity (Wildman–Crippen MR) is 67.5 cm³/mol. The van der Waals surface area contributed by atoms with E-state index in [-0.39, 0.29) is 16.3 Å². The maximum atomic E-state index is 13.6. The summed E-state index contributed by atoms with van der Waals surface area (Å²) in [5, 5.41) is 11.5. The third-order valence-electron chi connectivity index (χ3n) is 2.32. The number of benzene rings is 2. The van der Waals surface area contributed by atoms with Crippen LogP contribution in [0.1, 0.15) is 10.4 Å². The highest BCUT2D eigenvalue weighted by Crippen LogP contribution is 2.20. The van der Waals surface area contributed by atoms with Gasteiger partial charge in [0.1, 0.15) is 5.75 Å². The number of phenols is 1. The number of aromatic hydroxyl groups is 1. The van der Waals surface area contributed by atoms with Gasteiger partial charge in [0.2, 0.25) is 0 Å². The van der Waals surface area contributed by atoms with Gasteiger partial charge in [-0.05, 0) is 36.4 Å². The molecule has 0 atom stereocenters. The van der Waals surface area contributed by atoms with Crippen LogP contribution in [0.15, 0.2) is 42.5 Å². The molecule has 0 saturated heterocycles. The van der Waals surface area contributed by atoms with Crippen LogP contribution in [0, 0.1) is 5.82 Å². The molecule has 18 heavy (non-hydrogen) atoms. The van der Waals surface area contributed by atoms with Crippen LogP contribution in [0.3, 0.4) is 0 Å². The molecule has 0 aliphatic carbocycles. The lowest BCUT2D eigenvalue weighted by Crippen LogP contribution is -2.13. The van der Waals surface area contributed by atoms with E-state index in [0.29, 0.717) is 5.69 Å². The Morgan fingerprint density at radius 3 is 2.50 bits per heavy atom. The summed E-state index contributed by atoms with van der Waals surface area (Å²) in [6.07, 6.45) is 0. The molecule has 5 heteroatoms. The maximum Gasteiger partial charge on any atom is 0.258 e. The first-order chi connectivity index (χ1) is 8.58. The van der Waals surface area contributed by atoms with E-state index in [9.17, 15) is 9.18 Å². The van der Waals surface area contributed by atoms with E-state index in [4.69, 9.17) is 16.7 Å². The SMILES string of the molecule is O=C(Nc1ccc(O)cc1)c1cccc(Cl)c1F. The second-order valence-electron chi connectivity index (χ2n) is 3.60. The zero-order valence-electron chi connectivity index (χ0n) is 9.15. The Hall–Kier alpha value is -2.07. The number of amides is 1. The molecule has 0 saturated carbocycles. The van der Waals surface area contributed by atoms with Gasteiger partial charge in [0.05, 0.1) is 10.6 Å². The predicted octanol–water partition coefficient (Wildman–Crippen LogP) is 3.44. The molecule has 92 valence electrons. The molecule has 3 nitrogen and oxygen atoms in total. The molecule has 0 aliphatic heterocycles. The van der Waals surface area contributed by atoms with Crippen molar-refractivity contribution in [3.8, 4) is 5.75 Å². The van der Waals surface area contributed by atoms with Crippen LogP contribution in [0.2, 0.25) is 5.02 Å². The van der Waals surface area contributed by atoms with E-state index in [1.54, 1.807) is 0 Å². The van der Waals surface area contributed by atoms with E-state index in [1.165, 1.54) is 42.5 Å². The topological polar surface area (TPSA) is 49.3 Å². The van der Waals surface area contributed by atoms with E-state index in [0.717, 1.165) is 0 Å². The number of hydrogen-bond donors (Lipinski definition) is 2. The average molecular weight is 266 g/mol. The molecule has 0 bridgehead atoms. The molecule has 0 aromatic heterocycles. The number of halogens is 2. The van der Waals surface area contributed by atoms with Gasteiger partial charge in [-0.3, -0.25) is 4.79 Å². The third kappa shape index (κ3) is 2.60. The second kappa shape index (κ2) is 5.06. The fourth-order valence-electron chi connectivity index (χ4n) is 1.42. The molecule has 0 unspecified atom stereocenters. The van der Waals surface area contributed by atoms with Crippen LogP contribution >= 0.6 is 11.6 Å². The molecule has 2 N–H and O–H groups in total. The zero-order valence-corrected chi connectivity index (χ0v) is 9.91. The van der Waals surface area contributed by atoms with Crippen molar-refractivity contribution < 1.29 is 14.3 Å². The van der Waals surface area contributed by atoms with Gasteiger partial charge >= 0.3 is 0 Å². The molecular formula is C13H9ClFNO2. The van der Waals surface area contributed by atoms with Crippen LogP contribution in [0.5, 0.6) is 5.75 Å². The highest BCUT2D eigenvalue weighted by molar-refractivity contribution is 6.31. The Bertz CT molecular complexity index is 584. The molecule has 0 radical (unpaired) electrons. The van der Waals surface area contributed by atoms with Crippen LogP contribution in [0.4, 0.5) is 10.1 Å². The van der Waals surface area contributed by atoms with Gasteiger partial charge in [-0.1, -0.05) is 17.7 Å². The fourth-order valence-corrected chi connectivity index (χ4v) is 1.60. The molecule has 1 amide bonds. The number of carbonyl (C=O) groups is 1. The first kappa shape index (κ1) is 12.4. The minimum absolute atomic E-state index is 0.0851. The minimum Gasteiger partial charge on any atom is -0.508 e. The lowest BCUT2D eigenvalue weighted by atomic mass is 10.2. The number of carbonyl (C=O) groups excluding carboxylic acids is 1. The third-order valence-corrected chi connectivity index (χ3v) is 2.61. The molecular weight excluding hydrogens is 257 g/mol. The summed E-state index contributed by atoms with van der Waals surface area (Å²) in [4.78, 5) is 11.8. The van der Waals surface area contributed by atoms with Crippen LogP contribution < -0.4 is 5.32 Å². The number of phenolic OH excluding ortho intramolecular Hbond substituents is 1. The largest absolute Gasteiger partial charge is 0.508 e. The first-order valence-corrected chi connectivity index (χ1v) is 5.50. The first-order valence-electron chi connectivity index (χ1n) is 5.12. The van der Waals surface area contributed by atoms with E-state index < -0.39 is 11.7 Å². The molecule has 0 aliphatic rings. The van der Waals surface area contributed by atoms with Gasteiger partial charge in [-0.25, -0.2) is 4.39 Å². The monoisotopic (exact) mass is 265 g/mol. The molecule has 0 spiro atoms. The summed E-state index contributed by atoms with van der Waals surface area (Å²) in [5.74, 6) is -1.27. The Morgan fingerprint density at radius 2 is 1.83 bits per heavy atom. The highest BCUT2D eigenvalue weighted by Gasteiger charge is 2.13. The number of anilines is 1. The summed E-state index contributed by atoms with van der Waals surface area (Å²) < 4.78 is 13.6.